The number of carbonyl (C=O) groups is 2. The van der Waals surface area contributed by atoms with Gasteiger partial charge in [-0.15, -0.1) is 0 Å². The third kappa shape index (κ3) is 4.14. The summed E-state index contributed by atoms with van der Waals surface area (Å²) < 4.78 is 5.69. The molecule has 1 fully saturated rings. The van der Waals surface area contributed by atoms with Crippen molar-refractivity contribution in [3.63, 3.8) is 0 Å². The van der Waals surface area contributed by atoms with Gasteiger partial charge in [0, 0.05) is 25.4 Å². The Morgan fingerprint density at radius 2 is 2.08 bits per heavy atom. The van der Waals surface area contributed by atoms with Crippen molar-refractivity contribution in [1.82, 2.24) is 10.2 Å². The van der Waals surface area contributed by atoms with Gasteiger partial charge in [0.25, 0.3) is 0 Å². The summed E-state index contributed by atoms with van der Waals surface area (Å²) in [4.78, 5) is 26.8. The summed E-state index contributed by atoms with van der Waals surface area (Å²) in [7, 11) is 0. The quantitative estimate of drug-likeness (QED) is 0.893. The maximum Gasteiger partial charge on any atom is 0.242 e. The molecule has 1 aromatic carbocycles. The van der Waals surface area contributed by atoms with E-state index in [0.29, 0.717) is 26.1 Å². The zero-order valence-corrected chi connectivity index (χ0v) is 15.0. The minimum Gasteiger partial charge on any atom is -0.493 e. The lowest BCUT2D eigenvalue weighted by molar-refractivity contribution is -0.142. The largest absolute Gasteiger partial charge is 0.493 e. The summed E-state index contributed by atoms with van der Waals surface area (Å²) in [6.45, 7) is 3.99. The summed E-state index contributed by atoms with van der Waals surface area (Å²) in [6, 6.07) is 7.73. The van der Waals surface area contributed by atoms with Crippen molar-refractivity contribution in [2.75, 3.05) is 19.7 Å². The highest BCUT2D eigenvalue weighted by Crippen LogP contribution is 2.32. The number of benzene rings is 1. The first-order valence-electron chi connectivity index (χ1n) is 9.49. The standard InChI is InChI=1S/C20H28N2O3/c1-2-7-19(23)22-12-6-5-9-17(22)20(24)21-14-15-11-13-25-18-10-4-3-8-16(15)18/h3-4,8,10,15,17H,2,5-7,9,11-14H2,1H3,(H,21,24). The number of fused-ring (bicyclic) bond motifs is 1. The highest BCUT2D eigenvalue weighted by molar-refractivity contribution is 5.87. The SMILES string of the molecule is CCCC(=O)N1CCCCC1C(=O)NCC1CCOc2ccccc21. The molecule has 0 aliphatic carbocycles. The number of nitrogens with zero attached hydrogens (tertiary/aromatic N) is 1. The fourth-order valence-corrected chi connectivity index (χ4v) is 3.83. The van der Waals surface area contributed by atoms with Crippen LogP contribution in [0.1, 0.15) is 56.9 Å². The lowest BCUT2D eigenvalue weighted by Crippen LogP contribution is -2.52. The molecule has 0 spiro atoms. The Labute approximate surface area is 149 Å². The van der Waals surface area contributed by atoms with Gasteiger partial charge in [-0.05, 0) is 43.7 Å². The molecule has 2 unspecified atom stereocenters. The Morgan fingerprint density at radius 1 is 1.24 bits per heavy atom. The zero-order valence-electron chi connectivity index (χ0n) is 15.0. The molecule has 0 radical (unpaired) electrons. The number of likely N-dealkylation sites (tertiary alicyclic amines) is 1. The molecular formula is C20H28N2O3. The van der Waals surface area contributed by atoms with E-state index in [1.807, 2.05) is 25.1 Å². The van der Waals surface area contributed by atoms with E-state index in [2.05, 4.69) is 11.4 Å². The molecule has 2 atom stereocenters. The maximum absolute atomic E-state index is 12.7. The van der Waals surface area contributed by atoms with Gasteiger partial charge in [-0.3, -0.25) is 9.59 Å². The first-order valence-corrected chi connectivity index (χ1v) is 9.49. The van der Waals surface area contributed by atoms with E-state index >= 15 is 0 Å². The van der Waals surface area contributed by atoms with E-state index in [1.165, 1.54) is 0 Å². The number of carbonyl (C=O) groups excluding carboxylic acids is 2. The van der Waals surface area contributed by atoms with Crippen LogP contribution in [0.5, 0.6) is 5.75 Å². The van der Waals surface area contributed by atoms with Crippen molar-refractivity contribution in [3.8, 4) is 5.75 Å². The first kappa shape index (κ1) is 17.8. The third-order valence-electron chi connectivity index (χ3n) is 5.20. The normalized spacial score (nSPS) is 22.7. The van der Waals surface area contributed by atoms with Gasteiger partial charge in [0.05, 0.1) is 6.61 Å². The van der Waals surface area contributed by atoms with Gasteiger partial charge in [0.15, 0.2) is 0 Å². The monoisotopic (exact) mass is 344 g/mol. The van der Waals surface area contributed by atoms with Gasteiger partial charge in [-0.25, -0.2) is 0 Å². The van der Waals surface area contributed by atoms with Crippen molar-refractivity contribution in [3.05, 3.63) is 29.8 Å². The smallest absolute Gasteiger partial charge is 0.242 e. The molecule has 5 nitrogen and oxygen atoms in total. The highest BCUT2D eigenvalue weighted by Gasteiger charge is 2.32. The second kappa shape index (κ2) is 8.37. The van der Waals surface area contributed by atoms with Crippen LogP contribution >= 0.6 is 0 Å². The Bertz CT molecular complexity index is 617. The third-order valence-corrected chi connectivity index (χ3v) is 5.20. The molecule has 1 saturated heterocycles. The Morgan fingerprint density at radius 3 is 2.92 bits per heavy atom. The van der Waals surface area contributed by atoms with Crippen LogP contribution in [-0.4, -0.2) is 42.5 Å². The number of hydrogen-bond donors (Lipinski definition) is 1. The molecule has 2 heterocycles. The fraction of sp³-hybridized carbons (Fsp3) is 0.600. The molecule has 2 amide bonds. The van der Waals surface area contributed by atoms with Crippen molar-refractivity contribution in [2.45, 2.75) is 57.4 Å². The number of ether oxygens (including phenoxy) is 1. The van der Waals surface area contributed by atoms with Crippen molar-refractivity contribution in [1.29, 1.82) is 0 Å². The number of rotatable bonds is 5. The van der Waals surface area contributed by atoms with E-state index in [9.17, 15) is 9.59 Å². The Hall–Kier alpha value is -2.04. The van der Waals surface area contributed by atoms with Crippen LogP contribution in [0.15, 0.2) is 24.3 Å². The number of nitrogens with one attached hydrogen (secondary N) is 1. The summed E-state index contributed by atoms with van der Waals surface area (Å²) in [5.74, 6) is 1.30. The summed E-state index contributed by atoms with van der Waals surface area (Å²) in [5.41, 5.74) is 1.16. The Kier molecular flexibility index (Phi) is 5.95. The first-order chi connectivity index (χ1) is 12.2. The molecule has 25 heavy (non-hydrogen) atoms. The van der Waals surface area contributed by atoms with Crippen LogP contribution < -0.4 is 10.1 Å². The Balaban J connectivity index is 1.61. The summed E-state index contributed by atoms with van der Waals surface area (Å²) in [6.07, 6.45) is 5.02. The molecule has 0 aromatic heterocycles. The van der Waals surface area contributed by atoms with E-state index in [0.717, 1.165) is 43.4 Å². The van der Waals surface area contributed by atoms with Gasteiger partial charge in [0.1, 0.15) is 11.8 Å². The van der Waals surface area contributed by atoms with Crippen LogP contribution in [0.3, 0.4) is 0 Å². The molecule has 0 saturated carbocycles. The van der Waals surface area contributed by atoms with Crippen molar-refractivity contribution in [2.24, 2.45) is 0 Å². The van der Waals surface area contributed by atoms with Crippen LogP contribution in [0.25, 0.3) is 0 Å². The summed E-state index contributed by atoms with van der Waals surface area (Å²) in [5, 5.41) is 3.10. The minimum atomic E-state index is -0.303. The summed E-state index contributed by atoms with van der Waals surface area (Å²) >= 11 is 0. The lowest BCUT2D eigenvalue weighted by Gasteiger charge is -2.35. The topological polar surface area (TPSA) is 58.6 Å². The molecule has 1 aromatic rings. The fourth-order valence-electron chi connectivity index (χ4n) is 3.83. The van der Waals surface area contributed by atoms with Gasteiger partial charge in [-0.1, -0.05) is 25.1 Å². The average molecular weight is 344 g/mol. The minimum absolute atomic E-state index is 0.00636. The average Bonchev–Trinajstić information content (AvgIpc) is 2.66. The van der Waals surface area contributed by atoms with Gasteiger partial charge >= 0.3 is 0 Å². The maximum atomic E-state index is 12.7. The van der Waals surface area contributed by atoms with Crippen LogP contribution in [0, 0.1) is 0 Å². The van der Waals surface area contributed by atoms with Crippen LogP contribution in [0.4, 0.5) is 0 Å². The number of piperidine rings is 1. The molecule has 2 aliphatic rings. The van der Waals surface area contributed by atoms with Crippen LogP contribution in [0.2, 0.25) is 0 Å². The number of hydrogen-bond acceptors (Lipinski definition) is 3. The van der Waals surface area contributed by atoms with Crippen molar-refractivity contribution < 1.29 is 14.3 Å². The molecule has 2 aliphatic heterocycles. The number of para-hydroxylation sites is 1. The van der Waals surface area contributed by atoms with Gasteiger partial charge in [-0.2, -0.15) is 0 Å². The zero-order chi connectivity index (χ0) is 17.6. The molecule has 5 heteroatoms. The van der Waals surface area contributed by atoms with E-state index in [1.54, 1.807) is 4.90 Å². The predicted octanol–water partition coefficient (Wildman–Crippen LogP) is 2.85. The van der Waals surface area contributed by atoms with Gasteiger partial charge in [0.2, 0.25) is 11.8 Å². The van der Waals surface area contributed by atoms with Gasteiger partial charge < -0.3 is 15.0 Å². The second-order valence-electron chi connectivity index (χ2n) is 6.97. The molecule has 1 N–H and O–H groups in total. The molecule has 0 bridgehead atoms. The molecule has 136 valence electrons. The molecule has 3 rings (SSSR count). The van der Waals surface area contributed by atoms with Crippen LogP contribution in [-0.2, 0) is 9.59 Å². The van der Waals surface area contributed by atoms with E-state index < -0.39 is 0 Å². The predicted molar refractivity (Wildman–Crippen MR) is 96.6 cm³/mol. The van der Waals surface area contributed by atoms with Crippen molar-refractivity contribution >= 4 is 11.8 Å². The highest BCUT2D eigenvalue weighted by atomic mass is 16.5. The van der Waals surface area contributed by atoms with E-state index in [-0.39, 0.29) is 23.8 Å². The lowest BCUT2D eigenvalue weighted by atomic mass is 9.93. The second-order valence-corrected chi connectivity index (χ2v) is 6.97. The molecular weight excluding hydrogens is 316 g/mol. The van der Waals surface area contributed by atoms with E-state index in [4.69, 9.17) is 4.74 Å². The number of amides is 2.